The number of cyclic esters (lactones) is 1. The molecule has 3 saturated heterocycles. The van der Waals surface area contributed by atoms with Crippen molar-refractivity contribution in [3.63, 3.8) is 0 Å². The second kappa shape index (κ2) is 19.4. The number of hydrogen-bond donors (Lipinski definition) is 2. The summed E-state index contributed by atoms with van der Waals surface area (Å²) in [5.41, 5.74) is 10.4. The Morgan fingerprint density at radius 2 is 1.87 bits per heavy atom. The largest absolute Gasteiger partial charge is 0.464 e. The predicted molar refractivity (Wildman–Crippen MR) is 254 cm³/mol. The number of amides is 4. The zero-order valence-electron chi connectivity index (χ0n) is 40.0. The van der Waals surface area contributed by atoms with E-state index in [4.69, 9.17) is 19.2 Å². The van der Waals surface area contributed by atoms with Crippen LogP contribution in [-0.4, -0.2) is 125 Å². The number of benzene rings is 2. The Kier molecular flexibility index (Phi) is 13.8. The van der Waals surface area contributed by atoms with Crippen LogP contribution in [0.5, 0.6) is 0 Å². The average molecular weight is 916 g/mol. The lowest BCUT2D eigenvalue weighted by atomic mass is 9.84. The smallest absolute Gasteiger partial charge is 0.324 e. The van der Waals surface area contributed by atoms with Crippen molar-refractivity contribution in [2.24, 2.45) is 17.3 Å². The number of likely N-dealkylation sites (N-methyl/N-ethyl adjacent to an activating group) is 1. The van der Waals surface area contributed by atoms with Crippen molar-refractivity contribution in [3.8, 4) is 22.4 Å². The summed E-state index contributed by atoms with van der Waals surface area (Å²) in [7, 11) is 3.28. The van der Waals surface area contributed by atoms with Crippen LogP contribution in [-0.2, 0) is 57.6 Å². The van der Waals surface area contributed by atoms with Gasteiger partial charge in [0.2, 0.25) is 17.7 Å². The van der Waals surface area contributed by atoms with Crippen LogP contribution in [0.25, 0.3) is 33.3 Å². The number of fused-ring (bicyclic) bond motifs is 7. The molecule has 67 heavy (non-hydrogen) atoms. The summed E-state index contributed by atoms with van der Waals surface area (Å²) < 4.78 is 20.1. The van der Waals surface area contributed by atoms with E-state index in [-0.39, 0.29) is 49.5 Å². The van der Waals surface area contributed by atoms with E-state index in [1.807, 2.05) is 45.0 Å². The van der Waals surface area contributed by atoms with Gasteiger partial charge in [0, 0.05) is 68.3 Å². The highest BCUT2D eigenvalue weighted by Gasteiger charge is 2.54. The number of methoxy groups -OCH3 is 1. The third kappa shape index (κ3) is 9.25. The summed E-state index contributed by atoms with van der Waals surface area (Å²) in [4.78, 5) is 78.0. The number of carbonyl (C=O) groups excluding carboxylic acids is 5. The number of nitrogens with zero attached hydrogens (tertiary/aromatic N) is 5. The molecule has 6 bridgehead atoms. The van der Waals surface area contributed by atoms with Crippen molar-refractivity contribution in [1.29, 1.82) is 0 Å². The van der Waals surface area contributed by atoms with Gasteiger partial charge in [-0.2, -0.15) is 0 Å². The van der Waals surface area contributed by atoms with Crippen LogP contribution in [0.1, 0.15) is 77.3 Å². The van der Waals surface area contributed by atoms with E-state index in [0.29, 0.717) is 39.0 Å². The number of carbonyl (C=O) groups is 5. The molecular weight excluding hydrogens is 851 g/mol. The molecule has 2 aromatic heterocycles. The van der Waals surface area contributed by atoms with Crippen molar-refractivity contribution in [2.45, 2.75) is 110 Å². The van der Waals surface area contributed by atoms with Gasteiger partial charge in [-0.1, -0.05) is 64.6 Å². The average Bonchev–Trinajstić information content (AvgIpc) is 3.76. The van der Waals surface area contributed by atoms with Gasteiger partial charge < -0.3 is 33.9 Å². The Hall–Kier alpha value is -5.90. The lowest BCUT2D eigenvalue weighted by molar-refractivity contribution is -0.156. The third-order valence-electron chi connectivity index (χ3n) is 14.1. The van der Waals surface area contributed by atoms with Crippen molar-refractivity contribution in [3.05, 3.63) is 90.3 Å². The van der Waals surface area contributed by atoms with Crippen molar-refractivity contribution >= 4 is 40.5 Å². The van der Waals surface area contributed by atoms with Gasteiger partial charge in [0.05, 0.1) is 48.8 Å². The summed E-state index contributed by atoms with van der Waals surface area (Å²) >= 11 is 0. The number of aromatic nitrogens is 2. The van der Waals surface area contributed by atoms with Crippen molar-refractivity contribution in [2.75, 3.05) is 40.5 Å². The zero-order chi connectivity index (χ0) is 47.9. The van der Waals surface area contributed by atoms with Crippen LogP contribution in [0.2, 0.25) is 0 Å². The number of aryl methyl sites for hydroxylation is 1. The second-order valence-corrected chi connectivity index (χ2v) is 19.7. The van der Waals surface area contributed by atoms with E-state index in [2.05, 4.69) is 73.0 Å². The van der Waals surface area contributed by atoms with Gasteiger partial charge >= 0.3 is 5.97 Å². The molecule has 356 valence electrons. The van der Waals surface area contributed by atoms with Gasteiger partial charge in [0.25, 0.3) is 5.91 Å². The van der Waals surface area contributed by atoms with E-state index in [1.54, 1.807) is 25.3 Å². The number of likely N-dealkylation sites (tertiary alicyclic amines) is 1. The molecule has 2 N–H and O–H groups in total. The fraction of sp³-hybridized carbons (Fsp3) is 0.500. The topological polar surface area (TPSA) is 165 Å². The highest BCUT2D eigenvalue weighted by Crippen LogP contribution is 2.42. The van der Waals surface area contributed by atoms with Gasteiger partial charge in [0.15, 0.2) is 0 Å². The first-order valence-electron chi connectivity index (χ1n) is 23.6. The minimum absolute atomic E-state index is 0.130. The fourth-order valence-electron chi connectivity index (χ4n) is 10.6. The molecule has 0 radical (unpaired) electrons. The molecule has 15 heteroatoms. The molecule has 0 saturated carbocycles. The SMILES string of the molecule is C=CC(=O)N1C[C@@H](C(=O)N(C)[C@H](C(=O)N[C@H]2Cc3cccc(c3)-c3ccc4c(c3)c(c(-c3cccnc3[C@H](C)OC)n4CC)CC(C)(C)COC(=O)[C@@H]3CCCN(N3)C2=O)C(C)C)[C@H]2OC[C@H]21. The molecule has 0 unspecified atom stereocenters. The molecular formula is C52H65N7O8. The molecule has 8 rings (SSSR count). The number of hydrazine groups is 1. The molecule has 15 nitrogen and oxygen atoms in total. The van der Waals surface area contributed by atoms with Crippen LogP contribution in [0.3, 0.4) is 0 Å². The second-order valence-electron chi connectivity index (χ2n) is 19.7. The van der Waals surface area contributed by atoms with Crippen LogP contribution < -0.4 is 10.7 Å². The van der Waals surface area contributed by atoms with Crippen molar-refractivity contribution < 1.29 is 38.2 Å². The van der Waals surface area contributed by atoms with E-state index in [0.717, 1.165) is 50.1 Å². The van der Waals surface area contributed by atoms with E-state index < -0.39 is 53.3 Å². The number of esters is 1. The van der Waals surface area contributed by atoms with Crippen LogP contribution in [0, 0.1) is 17.3 Å². The van der Waals surface area contributed by atoms with Crippen LogP contribution >= 0.6 is 0 Å². The molecule has 0 aliphatic carbocycles. The number of hydrogen-bond acceptors (Lipinski definition) is 10. The van der Waals surface area contributed by atoms with Gasteiger partial charge in [-0.3, -0.25) is 34.0 Å². The number of nitrogens with one attached hydrogen (secondary N) is 2. The lowest BCUT2D eigenvalue weighted by Crippen LogP contribution is -2.62. The minimum Gasteiger partial charge on any atom is -0.464 e. The van der Waals surface area contributed by atoms with Crippen LogP contribution in [0.4, 0.5) is 0 Å². The Morgan fingerprint density at radius 1 is 1.09 bits per heavy atom. The maximum absolute atomic E-state index is 14.8. The summed E-state index contributed by atoms with van der Waals surface area (Å²) in [5, 5.41) is 5.56. The fourth-order valence-corrected chi connectivity index (χ4v) is 10.6. The highest BCUT2D eigenvalue weighted by atomic mass is 16.5. The third-order valence-corrected chi connectivity index (χ3v) is 14.1. The maximum atomic E-state index is 14.8. The van der Waals surface area contributed by atoms with Gasteiger partial charge in [-0.15, -0.1) is 0 Å². The lowest BCUT2D eigenvalue weighted by Gasteiger charge is -2.38. The molecule has 4 amide bonds. The molecule has 0 spiro atoms. The van der Waals surface area contributed by atoms with E-state index in [9.17, 15) is 24.0 Å². The molecule has 4 aliphatic rings. The molecule has 6 heterocycles. The highest BCUT2D eigenvalue weighted by molar-refractivity contribution is 5.96. The molecule has 4 aromatic rings. The van der Waals surface area contributed by atoms with E-state index in [1.165, 1.54) is 16.0 Å². The maximum Gasteiger partial charge on any atom is 0.324 e. The predicted octanol–water partition coefficient (Wildman–Crippen LogP) is 5.64. The quantitative estimate of drug-likeness (QED) is 0.150. The van der Waals surface area contributed by atoms with Crippen molar-refractivity contribution in [1.82, 2.24) is 35.1 Å². The molecule has 2 aromatic carbocycles. The number of ether oxygens (including phenoxy) is 3. The Bertz CT molecular complexity index is 2570. The molecule has 7 atom stereocenters. The minimum atomic E-state index is -1.07. The molecule has 3 fully saturated rings. The first-order valence-corrected chi connectivity index (χ1v) is 23.6. The summed E-state index contributed by atoms with van der Waals surface area (Å²) in [6.45, 7) is 17.3. The van der Waals surface area contributed by atoms with E-state index >= 15 is 0 Å². The van der Waals surface area contributed by atoms with Crippen LogP contribution in [0.15, 0.2) is 73.4 Å². The Morgan fingerprint density at radius 3 is 2.57 bits per heavy atom. The van der Waals surface area contributed by atoms with Gasteiger partial charge in [0.1, 0.15) is 18.1 Å². The Labute approximate surface area is 393 Å². The monoisotopic (exact) mass is 915 g/mol. The summed E-state index contributed by atoms with van der Waals surface area (Å²) in [6, 6.07) is 15.5. The Balaban J connectivity index is 1.17. The first kappa shape index (κ1) is 47.6. The normalized spacial score (nSPS) is 23.7. The first-order chi connectivity index (χ1) is 32.0. The van der Waals surface area contributed by atoms with Gasteiger partial charge in [-0.25, -0.2) is 5.43 Å². The summed E-state index contributed by atoms with van der Waals surface area (Å²) in [5.74, 6) is -2.95. The number of pyridine rings is 1. The van der Waals surface area contributed by atoms with Gasteiger partial charge in [-0.05, 0) is 91.6 Å². The molecule has 4 aliphatic heterocycles. The standard InChI is InChI=1S/C52H65N7O8/c1-10-43(60)58-27-38(47-42(58)28-66-47)49(62)56(8)45(30(3)4)48(61)54-40-24-32-15-12-16-33(23-32)34-19-20-41-36(25-34)37(46(57(41)11-2)35-17-13-21-53-44(35)31(5)65-9)26-52(6,7)29-67-51(64)39-18-14-22-59(55-39)50(40)63/h10,12-13,15-17,19-21,23,25,30-31,38-40,42,45,47,55H,1,11,14,18,22,24,26-29H2,2-9H3,(H,54,61)/t31-,38+,39-,40-,42+,45-,47+/m0/s1. The zero-order valence-corrected chi connectivity index (χ0v) is 40.0. The number of rotatable bonds is 10. The summed E-state index contributed by atoms with van der Waals surface area (Å²) in [6.07, 6.45) is 4.02.